The van der Waals surface area contributed by atoms with Gasteiger partial charge in [0.15, 0.2) is 6.10 Å². The Morgan fingerprint density at radius 3 is 1.69 bits per heavy atom. The van der Waals surface area contributed by atoms with Crippen molar-refractivity contribution >= 4 is 56.7 Å². The van der Waals surface area contributed by atoms with Crippen LogP contribution >= 0.6 is 15.9 Å². The average Bonchev–Trinajstić information content (AvgIpc) is 2.91. The molecule has 0 saturated heterocycles. The van der Waals surface area contributed by atoms with E-state index in [1.165, 1.54) is 5.19 Å². The Kier molecular flexibility index (Phi) is 6.83. The minimum Gasteiger partial charge on any atom is -0.452 e. The first kappa shape index (κ1) is 24.5. The monoisotopic (exact) mass is 552 g/mol. The first-order chi connectivity index (χ1) is 17.4. The average molecular weight is 554 g/mol. The third kappa shape index (κ3) is 4.63. The predicted octanol–water partition coefficient (Wildman–Crippen LogP) is 8.39. The van der Waals surface area contributed by atoms with Crippen LogP contribution in [-0.4, -0.2) is 14.0 Å². The Morgan fingerprint density at radius 1 is 0.694 bits per heavy atom. The smallest absolute Gasteiger partial charge is 0.307 e. The van der Waals surface area contributed by atoms with Gasteiger partial charge in [-0.2, -0.15) is 0 Å². The number of rotatable bonds is 6. The Bertz CT molecular complexity index is 1450. The minimum atomic E-state index is -2.14. The maximum absolute atomic E-state index is 13.9. The summed E-state index contributed by atoms with van der Waals surface area (Å²) in [6, 6.07) is 37.4. The summed E-state index contributed by atoms with van der Waals surface area (Å²) in [4.78, 5) is 13.9. The molecule has 1 unspecified atom stereocenters. The topological polar surface area (TPSA) is 26.3 Å². The molecule has 0 spiro atoms. The summed E-state index contributed by atoms with van der Waals surface area (Å²) < 4.78 is 7.56. The molecule has 0 saturated carbocycles. The van der Waals surface area contributed by atoms with Crippen molar-refractivity contribution in [2.45, 2.75) is 31.7 Å². The van der Waals surface area contributed by atoms with Crippen LogP contribution in [0, 0.1) is 0 Å². The second kappa shape index (κ2) is 10.0. The van der Waals surface area contributed by atoms with E-state index in [4.69, 9.17) is 4.74 Å². The summed E-state index contributed by atoms with van der Waals surface area (Å²) in [6.45, 7) is 6.51. The summed E-state index contributed by atoms with van der Waals surface area (Å²) >= 11 is 3.53. The van der Waals surface area contributed by atoms with Crippen molar-refractivity contribution in [3.8, 4) is 0 Å². The molecule has 5 rings (SSSR count). The van der Waals surface area contributed by atoms with Crippen molar-refractivity contribution in [1.82, 2.24) is 0 Å². The van der Waals surface area contributed by atoms with Crippen molar-refractivity contribution in [2.75, 3.05) is 0 Å². The van der Waals surface area contributed by atoms with Crippen LogP contribution in [0.1, 0.15) is 24.2 Å². The molecule has 2 nitrogen and oxygen atoms in total. The van der Waals surface area contributed by atoms with Gasteiger partial charge in [0, 0.05) is 15.6 Å². The third-order valence-corrected chi connectivity index (χ3v) is 12.2. The molecule has 0 aliphatic rings. The Labute approximate surface area is 222 Å². The van der Waals surface area contributed by atoms with Crippen molar-refractivity contribution in [3.63, 3.8) is 0 Å². The van der Waals surface area contributed by atoms with Crippen molar-refractivity contribution < 1.29 is 9.53 Å². The summed E-state index contributed by atoms with van der Waals surface area (Å²) in [5.74, 6) is -0.152. The van der Waals surface area contributed by atoms with Crippen LogP contribution < -0.4 is 5.19 Å². The molecule has 0 aliphatic heterocycles. The molecule has 0 fully saturated rings. The van der Waals surface area contributed by atoms with Gasteiger partial charge in [-0.05, 0) is 33.7 Å². The van der Waals surface area contributed by atoms with Crippen molar-refractivity contribution in [3.05, 3.63) is 125 Å². The fraction of sp³-hybridized carbons (Fsp3) is 0.156. The molecule has 0 aliphatic carbocycles. The number of hydrogen-bond donors (Lipinski definition) is 0. The second-order valence-electron chi connectivity index (χ2n) is 9.90. The number of esters is 1. The summed E-state index contributed by atoms with van der Waals surface area (Å²) in [5, 5.41) is 5.70. The first-order valence-electron chi connectivity index (χ1n) is 12.3. The Balaban J connectivity index is 1.60. The van der Waals surface area contributed by atoms with Gasteiger partial charge in [-0.1, -0.05) is 138 Å². The largest absolute Gasteiger partial charge is 0.452 e. The summed E-state index contributed by atoms with van der Waals surface area (Å²) in [7, 11) is -2.14. The maximum Gasteiger partial charge on any atom is 0.307 e. The number of halogens is 1. The van der Waals surface area contributed by atoms with Gasteiger partial charge in [0.05, 0.1) is 13.6 Å². The van der Waals surface area contributed by atoms with Gasteiger partial charge in [-0.3, -0.25) is 4.79 Å². The quantitative estimate of drug-likeness (QED) is 0.156. The lowest BCUT2D eigenvalue weighted by atomic mass is 9.92. The van der Waals surface area contributed by atoms with E-state index in [1.807, 2.05) is 43.3 Å². The number of carbonyl (C=O) groups excluding carboxylic acids is 1. The molecule has 5 aromatic rings. The van der Waals surface area contributed by atoms with Gasteiger partial charge in [0.2, 0.25) is 0 Å². The van der Waals surface area contributed by atoms with E-state index >= 15 is 0 Å². The molecule has 0 aromatic heterocycles. The number of benzene rings is 5. The van der Waals surface area contributed by atoms with E-state index in [-0.39, 0.29) is 11.5 Å². The molecule has 5 aromatic carbocycles. The number of ether oxygens (including phenoxy) is 1. The standard InChI is InChI=1S/C32H29BrO2Si/c1-22(36(2,3)26-20-18-25(33)19-21-26)32(34)35-31(29-16-8-12-23-10-4-6-14-27(23)29)30-17-9-13-24-11-5-7-15-28(24)30/h4-22,31H,1-3H3. The molecule has 1 atom stereocenters. The van der Waals surface area contributed by atoms with Crippen LogP contribution in [0.5, 0.6) is 0 Å². The minimum absolute atomic E-state index is 0.152. The number of hydrogen-bond acceptors (Lipinski definition) is 2. The van der Waals surface area contributed by atoms with E-state index in [9.17, 15) is 4.79 Å². The molecule has 36 heavy (non-hydrogen) atoms. The normalized spacial score (nSPS) is 12.7. The second-order valence-corrected chi connectivity index (χ2v) is 15.7. The van der Waals surface area contributed by atoms with Crippen LogP contribution in [0.15, 0.2) is 114 Å². The maximum atomic E-state index is 13.9. The lowest BCUT2D eigenvalue weighted by Crippen LogP contribution is -2.48. The molecule has 0 N–H and O–H groups in total. The van der Waals surface area contributed by atoms with E-state index in [0.29, 0.717) is 0 Å². The van der Waals surface area contributed by atoms with Crippen LogP contribution in [0.25, 0.3) is 21.5 Å². The predicted molar refractivity (Wildman–Crippen MR) is 157 cm³/mol. The Hall–Kier alpha value is -3.21. The van der Waals surface area contributed by atoms with Gasteiger partial charge < -0.3 is 4.74 Å². The van der Waals surface area contributed by atoms with Crippen LogP contribution in [0.2, 0.25) is 18.6 Å². The van der Waals surface area contributed by atoms with Crippen molar-refractivity contribution in [1.29, 1.82) is 0 Å². The molecule has 4 heteroatoms. The molecular formula is C32H29BrO2Si. The zero-order valence-electron chi connectivity index (χ0n) is 20.7. The first-order valence-corrected chi connectivity index (χ1v) is 16.1. The van der Waals surface area contributed by atoms with Crippen LogP contribution in [0.3, 0.4) is 0 Å². The summed E-state index contributed by atoms with van der Waals surface area (Å²) in [5.41, 5.74) is 1.80. The highest BCUT2D eigenvalue weighted by atomic mass is 79.9. The molecule has 0 amide bonds. The van der Waals surface area contributed by atoms with Gasteiger partial charge in [0.1, 0.15) is 0 Å². The molecule has 0 bridgehead atoms. The molecule has 0 heterocycles. The van der Waals surface area contributed by atoms with E-state index in [1.54, 1.807) is 0 Å². The fourth-order valence-corrected chi connectivity index (χ4v) is 7.34. The number of fused-ring (bicyclic) bond motifs is 2. The van der Waals surface area contributed by atoms with Gasteiger partial charge in [0.25, 0.3) is 0 Å². The lowest BCUT2D eigenvalue weighted by molar-refractivity contribution is -0.147. The van der Waals surface area contributed by atoms with E-state index in [0.717, 1.165) is 37.1 Å². The van der Waals surface area contributed by atoms with Crippen LogP contribution in [0.4, 0.5) is 0 Å². The van der Waals surface area contributed by atoms with Crippen molar-refractivity contribution in [2.24, 2.45) is 0 Å². The van der Waals surface area contributed by atoms with Gasteiger partial charge in [-0.15, -0.1) is 0 Å². The lowest BCUT2D eigenvalue weighted by Gasteiger charge is -2.31. The Morgan fingerprint density at radius 2 is 1.17 bits per heavy atom. The van der Waals surface area contributed by atoms with Gasteiger partial charge >= 0.3 is 5.97 Å². The van der Waals surface area contributed by atoms with E-state index < -0.39 is 14.2 Å². The van der Waals surface area contributed by atoms with Gasteiger partial charge in [-0.25, -0.2) is 0 Å². The highest BCUT2D eigenvalue weighted by Gasteiger charge is 2.38. The highest BCUT2D eigenvalue weighted by molar-refractivity contribution is 9.10. The SMILES string of the molecule is CC(C(=O)OC(c1cccc2ccccc12)c1cccc2ccccc12)[Si](C)(C)c1ccc(Br)cc1. The van der Waals surface area contributed by atoms with E-state index in [2.05, 4.69) is 102 Å². The zero-order valence-corrected chi connectivity index (χ0v) is 23.3. The zero-order chi connectivity index (χ0) is 25.3. The van der Waals surface area contributed by atoms with Crippen LogP contribution in [-0.2, 0) is 9.53 Å². The number of carbonyl (C=O) groups is 1. The highest BCUT2D eigenvalue weighted by Crippen LogP contribution is 2.37. The molecule has 0 radical (unpaired) electrons. The third-order valence-electron chi connectivity index (χ3n) is 7.47. The fourth-order valence-electron chi connectivity index (χ4n) is 4.89. The molecular weight excluding hydrogens is 524 g/mol. The summed E-state index contributed by atoms with van der Waals surface area (Å²) in [6.07, 6.45) is -0.508. The molecule has 180 valence electrons.